The molecular formula is C14H16N2O. The van der Waals surface area contributed by atoms with Crippen molar-refractivity contribution in [1.29, 1.82) is 0 Å². The lowest BCUT2D eigenvalue weighted by Crippen LogP contribution is -1.92. The lowest BCUT2D eigenvalue weighted by molar-refractivity contribution is 0.392. The summed E-state index contributed by atoms with van der Waals surface area (Å²) in [4.78, 5) is 0. The van der Waals surface area contributed by atoms with Crippen LogP contribution in [0.25, 0.3) is 11.3 Å². The van der Waals surface area contributed by atoms with Crippen LogP contribution in [0.2, 0.25) is 0 Å². The first-order valence-corrected chi connectivity index (χ1v) is 5.69. The van der Waals surface area contributed by atoms with Crippen molar-refractivity contribution in [3.05, 3.63) is 42.0 Å². The summed E-state index contributed by atoms with van der Waals surface area (Å²) in [5.41, 5.74) is 3.26. The third-order valence-corrected chi connectivity index (χ3v) is 2.72. The molecule has 0 aliphatic rings. The van der Waals surface area contributed by atoms with Crippen LogP contribution in [0.3, 0.4) is 0 Å². The third kappa shape index (κ3) is 2.61. The maximum absolute atomic E-state index is 4.98. The first-order chi connectivity index (χ1) is 8.20. The fourth-order valence-corrected chi connectivity index (χ4v) is 1.62. The number of nitrogens with zero attached hydrogens (tertiary/aromatic N) is 2. The van der Waals surface area contributed by atoms with Crippen LogP contribution in [-0.4, -0.2) is 17.3 Å². The van der Waals surface area contributed by atoms with Gasteiger partial charge in [-0.1, -0.05) is 38.1 Å². The highest BCUT2D eigenvalue weighted by atomic mass is 16.5. The van der Waals surface area contributed by atoms with Crippen LogP contribution in [-0.2, 0) is 0 Å². The summed E-state index contributed by atoms with van der Waals surface area (Å²) in [5.74, 6) is 1.08. The van der Waals surface area contributed by atoms with Gasteiger partial charge in [-0.3, -0.25) is 0 Å². The van der Waals surface area contributed by atoms with E-state index in [0.29, 0.717) is 11.8 Å². The van der Waals surface area contributed by atoms with Crippen LogP contribution in [0.4, 0.5) is 0 Å². The minimum absolute atomic E-state index is 0.535. The first kappa shape index (κ1) is 11.6. The van der Waals surface area contributed by atoms with Gasteiger partial charge in [-0.2, -0.15) is 0 Å². The van der Waals surface area contributed by atoms with Gasteiger partial charge in [0.05, 0.1) is 12.8 Å². The van der Waals surface area contributed by atoms with E-state index in [1.807, 2.05) is 12.1 Å². The molecule has 0 aliphatic carbocycles. The summed E-state index contributed by atoms with van der Waals surface area (Å²) < 4.78 is 4.98. The summed E-state index contributed by atoms with van der Waals surface area (Å²) in [6.07, 6.45) is 0. The number of rotatable bonds is 3. The molecule has 3 nitrogen and oxygen atoms in total. The molecule has 0 bridgehead atoms. The number of aromatic nitrogens is 2. The molecule has 88 valence electrons. The highest BCUT2D eigenvalue weighted by molar-refractivity contribution is 5.59. The Morgan fingerprint density at radius 2 is 1.65 bits per heavy atom. The maximum atomic E-state index is 4.98. The molecule has 0 atom stereocenters. The van der Waals surface area contributed by atoms with Crippen molar-refractivity contribution in [2.45, 2.75) is 19.8 Å². The van der Waals surface area contributed by atoms with Crippen LogP contribution in [0.5, 0.6) is 5.88 Å². The van der Waals surface area contributed by atoms with Crippen molar-refractivity contribution >= 4 is 0 Å². The smallest absolute Gasteiger partial charge is 0.233 e. The molecule has 17 heavy (non-hydrogen) atoms. The highest BCUT2D eigenvalue weighted by Crippen LogP contribution is 2.21. The molecule has 1 aromatic heterocycles. The average Bonchev–Trinajstić information content (AvgIpc) is 2.39. The van der Waals surface area contributed by atoms with Crippen molar-refractivity contribution in [3.63, 3.8) is 0 Å². The summed E-state index contributed by atoms with van der Waals surface area (Å²) >= 11 is 0. The van der Waals surface area contributed by atoms with Crippen molar-refractivity contribution < 1.29 is 4.74 Å². The Labute approximate surface area is 101 Å². The zero-order valence-corrected chi connectivity index (χ0v) is 10.3. The van der Waals surface area contributed by atoms with Gasteiger partial charge in [-0.15, -0.1) is 10.2 Å². The Kier molecular flexibility index (Phi) is 3.38. The lowest BCUT2D eigenvalue weighted by atomic mass is 10.0. The van der Waals surface area contributed by atoms with E-state index < -0.39 is 0 Å². The first-order valence-electron chi connectivity index (χ1n) is 5.69. The van der Waals surface area contributed by atoms with Gasteiger partial charge in [0.1, 0.15) is 0 Å². The summed E-state index contributed by atoms with van der Waals surface area (Å²) in [6.45, 7) is 4.37. The van der Waals surface area contributed by atoms with Gasteiger partial charge >= 0.3 is 0 Å². The molecule has 1 heterocycles. The van der Waals surface area contributed by atoms with Crippen LogP contribution in [0.15, 0.2) is 36.4 Å². The SMILES string of the molecule is COc1ccc(-c2ccc(C(C)C)cc2)nn1. The van der Waals surface area contributed by atoms with Crippen LogP contribution < -0.4 is 4.74 Å². The maximum Gasteiger partial charge on any atom is 0.233 e. The molecule has 0 fully saturated rings. The van der Waals surface area contributed by atoms with E-state index in [-0.39, 0.29) is 0 Å². The van der Waals surface area contributed by atoms with Gasteiger partial charge in [-0.05, 0) is 17.5 Å². The largest absolute Gasteiger partial charge is 0.480 e. The summed E-state index contributed by atoms with van der Waals surface area (Å²) in [6, 6.07) is 12.1. The second-order valence-electron chi connectivity index (χ2n) is 4.24. The second-order valence-corrected chi connectivity index (χ2v) is 4.24. The van der Waals surface area contributed by atoms with Crippen LogP contribution >= 0.6 is 0 Å². The Morgan fingerprint density at radius 3 is 2.12 bits per heavy atom. The van der Waals surface area contributed by atoms with Gasteiger partial charge in [0.2, 0.25) is 5.88 Å². The molecule has 0 aliphatic heterocycles. The Hall–Kier alpha value is -1.90. The van der Waals surface area contributed by atoms with E-state index in [4.69, 9.17) is 4.74 Å². The van der Waals surface area contributed by atoms with E-state index in [9.17, 15) is 0 Å². The molecule has 1 aromatic carbocycles. The number of methoxy groups -OCH3 is 1. The highest BCUT2D eigenvalue weighted by Gasteiger charge is 2.03. The van der Waals surface area contributed by atoms with Gasteiger partial charge in [0.25, 0.3) is 0 Å². The number of ether oxygens (including phenoxy) is 1. The zero-order valence-electron chi connectivity index (χ0n) is 10.3. The molecule has 0 radical (unpaired) electrons. The molecule has 2 rings (SSSR count). The predicted octanol–water partition coefficient (Wildman–Crippen LogP) is 3.28. The van der Waals surface area contributed by atoms with Gasteiger partial charge in [-0.25, -0.2) is 0 Å². The molecule has 3 heteroatoms. The van der Waals surface area contributed by atoms with E-state index in [0.717, 1.165) is 11.3 Å². The van der Waals surface area contributed by atoms with Crippen molar-refractivity contribution in [2.75, 3.05) is 7.11 Å². The minimum atomic E-state index is 0.535. The molecule has 0 unspecified atom stereocenters. The second kappa shape index (κ2) is 4.95. The molecule has 2 aromatic rings. The lowest BCUT2D eigenvalue weighted by Gasteiger charge is -2.06. The van der Waals surface area contributed by atoms with Crippen LogP contribution in [0.1, 0.15) is 25.3 Å². The standard InChI is InChI=1S/C14H16N2O/c1-10(2)11-4-6-12(7-5-11)13-8-9-14(17-3)16-15-13/h4-10H,1-3H3. The number of benzene rings is 1. The van der Waals surface area contributed by atoms with Crippen molar-refractivity contribution in [1.82, 2.24) is 10.2 Å². The van der Waals surface area contributed by atoms with Crippen LogP contribution in [0, 0.1) is 0 Å². The minimum Gasteiger partial charge on any atom is -0.480 e. The molecule has 0 spiro atoms. The number of hydrogen-bond donors (Lipinski definition) is 0. The monoisotopic (exact) mass is 228 g/mol. The fraction of sp³-hybridized carbons (Fsp3) is 0.286. The summed E-state index contributed by atoms with van der Waals surface area (Å²) in [5, 5.41) is 8.08. The molecule has 0 N–H and O–H groups in total. The number of hydrogen-bond acceptors (Lipinski definition) is 3. The Morgan fingerprint density at radius 1 is 0.941 bits per heavy atom. The van der Waals surface area contributed by atoms with E-state index in [1.165, 1.54) is 5.56 Å². The van der Waals surface area contributed by atoms with E-state index >= 15 is 0 Å². The average molecular weight is 228 g/mol. The van der Waals surface area contributed by atoms with Crippen molar-refractivity contribution in [3.8, 4) is 17.1 Å². The normalized spacial score (nSPS) is 10.6. The zero-order chi connectivity index (χ0) is 12.3. The third-order valence-electron chi connectivity index (χ3n) is 2.72. The Bertz CT molecular complexity index is 475. The topological polar surface area (TPSA) is 35.0 Å². The molecular weight excluding hydrogens is 212 g/mol. The molecule has 0 amide bonds. The van der Waals surface area contributed by atoms with Gasteiger partial charge in [0, 0.05) is 11.6 Å². The Balaban J connectivity index is 2.26. The van der Waals surface area contributed by atoms with Gasteiger partial charge < -0.3 is 4.74 Å². The molecule has 0 saturated heterocycles. The van der Waals surface area contributed by atoms with Crippen molar-refractivity contribution in [2.24, 2.45) is 0 Å². The quantitative estimate of drug-likeness (QED) is 0.808. The fourth-order valence-electron chi connectivity index (χ4n) is 1.62. The van der Waals surface area contributed by atoms with Gasteiger partial charge in [0.15, 0.2) is 0 Å². The summed E-state index contributed by atoms with van der Waals surface area (Å²) in [7, 11) is 1.58. The predicted molar refractivity (Wildman–Crippen MR) is 68.1 cm³/mol. The molecule has 0 saturated carbocycles. The van der Waals surface area contributed by atoms with E-state index in [2.05, 4.69) is 48.3 Å². The van der Waals surface area contributed by atoms with E-state index in [1.54, 1.807) is 7.11 Å².